The summed E-state index contributed by atoms with van der Waals surface area (Å²) in [6.45, 7) is 2.07. The third-order valence-electron chi connectivity index (χ3n) is 3.85. The van der Waals surface area contributed by atoms with Gasteiger partial charge in [0.2, 0.25) is 5.91 Å². The molecule has 4 heteroatoms. The van der Waals surface area contributed by atoms with Gasteiger partial charge in [0.15, 0.2) is 0 Å². The summed E-state index contributed by atoms with van der Waals surface area (Å²) >= 11 is 4.97. The minimum Gasteiger partial charge on any atom is -0.392 e. The second kappa shape index (κ2) is 4.70. The fourth-order valence-electron chi connectivity index (χ4n) is 2.79. The van der Waals surface area contributed by atoms with E-state index in [9.17, 15) is 4.79 Å². The van der Waals surface area contributed by atoms with Gasteiger partial charge in [0.05, 0.1) is 11.0 Å². The van der Waals surface area contributed by atoms with Crippen LogP contribution < -0.4 is 11.1 Å². The monoisotopic (exact) mass is 240 g/mol. The van der Waals surface area contributed by atoms with Gasteiger partial charge in [-0.2, -0.15) is 0 Å². The first-order chi connectivity index (χ1) is 7.61. The number of nitrogens with two attached hydrogens (primary N) is 1. The van der Waals surface area contributed by atoms with Crippen molar-refractivity contribution in [3.63, 3.8) is 0 Å². The molecule has 2 saturated carbocycles. The molecule has 0 bridgehead atoms. The van der Waals surface area contributed by atoms with Crippen molar-refractivity contribution in [3.8, 4) is 0 Å². The number of fused-ring (bicyclic) bond motifs is 1. The largest absolute Gasteiger partial charge is 0.392 e. The average molecular weight is 240 g/mol. The van der Waals surface area contributed by atoms with Gasteiger partial charge < -0.3 is 11.1 Å². The zero-order valence-electron chi connectivity index (χ0n) is 9.74. The molecule has 2 aliphatic carbocycles. The van der Waals surface area contributed by atoms with Crippen LogP contribution in [0.5, 0.6) is 0 Å². The molecule has 16 heavy (non-hydrogen) atoms. The predicted octanol–water partition coefficient (Wildman–Crippen LogP) is 1.60. The van der Waals surface area contributed by atoms with Crippen LogP contribution in [0.1, 0.15) is 39.0 Å². The third kappa shape index (κ3) is 2.54. The molecule has 0 aromatic rings. The van der Waals surface area contributed by atoms with Crippen LogP contribution in [0.4, 0.5) is 0 Å². The van der Waals surface area contributed by atoms with Crippen LogP contribution in [-0.4, -0.2) is 16.9 Å². The highest BCUT2D eigenvalue weighted by Gasteiger charge is 2.48. The summed E-state index contributed by atoms with van der Waals surface area (Å²) in [5.41, 5.74) is 5.62. The molecule has 3 N–H and O–H groups in total. The summed E-state index contributed by atoms with van der Waals surface area (Å²) in [4.78, 5) is 12.4. The number of rotatable bonds is 5. The maximum atomic E-state index is 12.0. The van der Waals surface area contributed by atoms with Crippen molar-refractivity contribution >= 4 is 23.1 Å². The van der Waals surface area contributed by atoms with Gasteiger partial charge in [0.25, 0.3) is 0 Å². The highest BCUT2D eigenvalue weighted by atomic mass is 32.1. The zero-order valence-corrected chi connectivity index (χ0v) is 10.6. The summed E-state index contributed by atoms with van der Waals surface area (Å²) in [6, 6.07) is -0.107. The highest BCUT2D eigenvalue weighted by Crippen LogP contribution is 2.54. The van der Waals surface area contributed by atoms with Crippen LogP contribution in [0.3, 0.4) is 0 Å². The molecule has 3 atom stereocenters. The average Bonchev–Trinajstić information content (AvgIpc) is 2.84. The summed E-state index contributed by atoms with van der Waals surface area (Å²) in [7, 11) is 0. The molecule has 3 unspecified atom stereocenters. The van der Waals surface area contributed by atoms with Crippen molar-refractivity contribution in [2.45, 2.75) is 45.1 Å². The Labute approximate surface area is 102 Å². The van der Waals surface area contributed by atoms with Crippen LogP contribution in [0.2, 0.25) is 0 Å². The van der Waals surface area contributed by atoms with E-state index in [0.717, 1.165) is 37.5 Å². The standard InChI is InChI=1S/C12H20N2OS/c1-2-3-10(11(13)16)14-12(15)9-5-7-4-8(7)6-9/h7-10H,2-6H2,1H3,(H2,13,16)(H,14,15). The van der Waals surface area contributed by atoms with Crippen molar-refractivity contribution in [1.29, 1.82) is 0 Å². The molecule has 0 saturated heterocycles. The second-order valence-corrected chi connectivity index (χ2v) is 5.65. The summed E-state index contributed by atoms with van der Waals surface area (Å²) in [5, 5.41) is 3.00. The summed E-state index contributed by atoms with van der Waals surface area (Å²) in [6.07, 6.45) is 5.33. The molecule has 2 fully saturated rings. The van der Waals surface area contributed by atoms with E-state index in [4.69, 9.17) is 18.0 Å². The lowest BCUT2D eigenvalue weighted by Gasteiger charge is -2.19. The Morgan fingerprint density at radius 1 is 1.44 bits per heavy atom. The molecule has 0 heterocycles. The zero-order chi connectivity index (χ0) is 11.7. The van der Waals surface area contributed by atoms with Crippen LogP contribution in [-0.2, 0) is 4.79 Å². The maximum Gasteiger partial charge on any atom is 0.223 e. The second-order valence-electron chi connectivity index (χ2n) is 5.18. The number of thiocarbonyl (C=S) groups is 1. The molecule has 0 aromatic heterocycles. The van der Waals surface area contributed by atoms with Crippen molar-refractivity contribution < 1.29 is 4.79 Å². The van der Waals surface area contributed by atoms with Crippen molar-refractivity contribution in [2.24, 2.45) is 23.5 Å². The lowest BCUT2D eigenvalue weighted by molar-refractivity contribution is -0.125. The van der Waals surface area contributed by atoms with Gasteiger partial charge in [0.1, 0.15) is 0 Å². The van der Waals surface area contributed by atoms with E-state index in [1.54, 1.807) is 0 Å². The molecule has 0 aromatic carbocycles. The highest BCUT2D eigenvalue weighted by molar-refractivity contribution is 7.80. The molecule has 0 radical (unpaired) electrons. The van der Waals surface area contributed by atoms with Gasteiger partial charge in [-0.15, -0.1) is 0 Å². The van der Waals surface area contributed by atoms with Crippen molar-refractivity contribution in [2.75, 3.05) is 0 Å². The number of nitrogens with one attached hydrogen (secondary N) is 1. The van der Waals surface area contributed by atoms with E-state index in [0.29, 0.717) is 4.99 Å². The lowest BCUT2D eigenvalue weighted by atomic mass is 10.0. The quantitative estimate of drug-likeness (QED) is 0.718. The topological polar surface area (TPSA) is 55.1 Å². The van der Waals surface area contributed by atoms with E-state index in [2.05, 4.69) is 12.2 Å². The van der Waals surface area contributed by atoms with Gasteiger partial charge >= 0.3 is 0 Å². The van der Waals surface area contributed by atoms with Gasteiger partial charge in [-0.1, -0.05) is 25.6 Å². The number of hydrogen-bond acceptors (Lipinski definition) is 2. The van der Waals surface area contributed by atoms with Crippen molar-refractivity contribution in [1.82, 2.24) is 5.32 Å². The minimum atomic E-state index is -0.107. The number of carbonyl (C=O) groups is 1. The smallest absolute Gasteiger partial charge is 0.223 e. The Balaban J connectivity index is 1.82. The Bertz CT molecular complexity index is 295. The Kier molecular flexibility index (Phi) is 3.47. The molecule has 1 amide bonds. The molecule has 3 nitrogen and oxygen atoms in total. The van der Waals surface area contributed by atoms with E-state index in [-0.39, 0.29) is 17.9 Å². The summed E-state index contributed by atoms with van der Waals surface area (Å²) < 4.78 is 0. The van der Waals surface area contributed by atoms with Crippen LogP contribution in [0.15, 0.2) is 0 Å². The minimum absolute atomic E-state index is 0.107. The summed E-state index contributed by atoms with van der Waals surface area (Å²) in [5.74, 6) is 2.06. The van der Waals surface area contributed by atoms with Crippen LogP contribution in [0.25, 0.3) is 0 Å². The normalized spacial score (nSPS) is 32.9. The predicted molar refractivity (Wildman–Crippen MR) is 67.9 cm³/mol. The fraction of sp³-hybridized carbons (Fsp3) is 0.833. The van der Waals surface area contributed by atoms with Gasteiger partial charge in [-0.25, -0.2) is 0 Å². The van der Waals surface area contributed by atoms with Gasteiger partial charge in [-0.3, -0.25) is 4.79 Å². The molecular formula is C12H20N2OS. The maximum absolute atomic E-state index is 12.0. The van der Waals surface area contributed by atoms with E-state index >= 15 is 0 Å². The van der Waals surface area contributed by atoms with E-state index in [1.165, 1.54) is 6.42 Å². The number of carbonyl (C=O) groups excluding carboxylic acids is 1. The fourth-order valence-corrected chi connectivity index (χ4v) is 2.97. The molecule has 0 spiro atoms. The van der Waals surface area contributed by atoms with E-state index < -0.39 is 0 Å². The first-order valence-corrected chi connectivity index (χ1v) is 6.62. The Morgan fingerprint density at radius 3 is 2.56 bits per heavy atom. The lowest BCUT2D eigenvalue weighted by Crippen LogP contribution is -2.45. The molecular weight excluding hydrogens is 220 g/mol. The van der Waals surface area contributed by atoms with Gasteiger partial charge in [0, 0.05) is 5.92 Å². The first-order valence-electron chi connectivity index (χ1n) is 6.21. The Hall–Kier alpha value is -0.640. The number of hydrogen-bond donors (Lipinski definition) is 2. The Morgan fingerprint density at radius 2 is 2.06 bits per heavy atom. The molecule has 0 aliphatic heterocycles. The third-order valence-corrected chi connectivity index (χ3v) is 4.14. The van der Waals surface area contributed by atoms with E-state index in [1.807, 2.05) is 0 Å². The molecule has 90 valence electrons. The molecule has 2 rings (SSSR count). The first kappa shape index (κ1) is 11.8. The van der Waals surface area contributed by atoms with Crippen LogP contribution in [0, 0.1) is 17.8 Å². The molecule has 2 aliphatic rings. The SMILES string of the molecule is CCCC(NC(=O)C1CC2CC2C1)C(N)=S. The number of amides is 1. The van der Waals surface area contributed by atoms with Crippen LogP contribution >= 0.6 is 12.2 Å². The van der Waals surface area contributed by atoms with Gasteiger partial charge in [-0.05, 0) is 37.5 Å². The van der Waals surface area contributed by atoms with Crippen molar-refractivity contribution in [3.05, 3.63) is 0 Å².